The Morgan fingerprint density at radius 1 is 1.00 bits per heavy atom. The molecule has 0 N–H and O–H groups in total. The van der Waals surface area contributed by atoms with E-state index in [1.807, 2.05) is 65.2 Å². The topological polar surface area (TPSA) is 67.4 Å². The number of pyridine rings is 1. The van der Waals surface area contributed by atoms with E-state index in [4.69, 9.17) is 16.3 Å². The molecule has 0 saturated carbocycles. The van der Waals surface area contributed by atoms with Gasteiger partial charge in [-0.2, -0.15) is 5.26 Å². The number of halogens is 1. The molecule has 0 radical (unpaired) electrons. The Morgan fingerprint density at radius 3 is 2.41 bits per heavy atom. The van der Waals surface area contributed by atoms with Crippen molar-refractivity contribution in [2.24, 2.45) is 0 Å². The fraction of sp³-hybridized carbons (Fsp3) is 0.0385. The lowest BCUT2D eigenvalue weighted by molar-refractivity contribution is 0.0473. The lowest BCUT2D eigenvalue weighted by Crippen LogP contribution is -2.08. The van der Waals surface area contributed by atoms with Crippen molar-refractivity contribution in [2.75, 3.05) is 0 Å². The second-order valence-electron chi connectivity index (χ2n) is 7.20. The molecular weight excluding hydrogens is 422 g/mol. The lowest BCUT2D eigenvalue weighted by Gasteiger charge is -2.16. The smallest absolute Gasteiger partial charge is 0.338 e. The first-order valence-corrected chi connectivity index (χ1v) is 10.4. The molecule has 6 heteroatoms. The van der Waals surface area contributed by atoms with Gasteiger partial charge in [0.1, 0.15) is 23.8 Å². The molecule has 0 unspecified atom stereocenters. The summed E-state index contributed by atoms with van der Waals surface area (Å²) in [4.78, 5) is 17.2. The van der Waals surface area contributed by atoms with Crippen molar-refractivity contribution in [3.63, 3.8) is 0 Å². The molecule has 0 aliphatic carbocycles. The van der Waals surface area contributed by atoms with Crippen molar-refractivity contribution >= 4 is 34.3 Å². The van der Waals surface area contributed by atoms with Crippen LogP contribution in [0.4, 0.5) is 0 Å². The molecule has 32 heavy (non-hydrogen) atoms. The van der Waals surface area contributed by atoms with Crippen LogP contribution in [0, 0.1) is 11.3 Å². The van der Waals surface area contributed by atoms with Gasteiger partial charge in [0.15, 0.2) is 0 Å². The third-order valence-electron chi connectivity index (χ3n) is 5.33. The molecule has 154 valence electrons. The molecule has 0 fully saturated rings. The summed E-state index contributed by atoms with van der Waals surface area (Å²) in [5.74, 6) is -0.472. The maximum atomic E-state index is 12.6. The van der Waals surface area contributed by atoms with Crippen LogP contribution in [0.25, 0.3) is 27.8 Å². The number of imidazole rings is 1. The third-order valence-corrected chi connectivity index (χ3v) is 5.70. The maximum absolute atomic E-state index is 12.6. The molecule has 5 rings (SSSR count). The van der Waals surface area contributed by atoms with Gasteiger partial charge in [0.05, 0.1) is 21.7 Å². The Bertz CT molecular complexity index is 1500. The first-order chi connectivity index (χ1) is 15.7. The molecule has 0 aliphatic heterocycles. The highest BCUT2D eigenvalue weighted by molar-refractivity contribution is 6.38. The molecule has 0 bridgehead atoms. The number of hydrogen-bond acceptors (Lipinski definition) is 4. The van der Waals surface area contributed by atoms with Gasteiger partial charge in [-0.15, -0.1) is 0 Å². The number of nitriles is 1. The number of ether oxygens (including phenoxy) is 1. The zero-order valence-corrected chi connectivity index (χ0v) is 17.6. The highest BCUT2D eigenvalue weighted by Crippen LogP contribution is 2.40. The minimum atomic E-state index is -0.472. The van der Waals surface area contributed by atoms with Gasteiger partial charge in [0, 0.05) is 17.3 Å². The Balaban J connectivity index is 1.74. The molecule has 5 nitrogen and oxygen atoms in total. The van der Waals surface area contributed by atoms with E-state index in [0.29, 0.717) is 44.0 Å². The number of carbonyl (C=O) groups is 1. The quantitative estimate of drug-likeness (QED) is 0.321. The van der Waals surface area contributed by atoms with Crippen LogP contribution >= 0.6 is 11.6 Å². The molecule has 0 atom stereocenters. The van der Waals surface area contributed by atoms with Gasteiger partial charge in [-0.3, -0.25) is 4.40 Å². The van der Waals surface area contributed by atoms with Crippen LogP contribution in [0.15, 0.2) is 85.1 Å². The van der Waals surface area contributed by atoms with Gasteiger partial charge in [0.25, 0.3) is 0 Å². The standard InChI is InChI=1S/C26H16ClN3O2/c27-23-22(17-9-3-1-4-10-17)20(16-32-26(31)18-11-5-2-6-12-18)19(15-28)24-25(23)30-14-8-7-13-21(30)29-24/h1-14H,16H2. The van der Waals surface area contributed by atoms with Crippen molar-refractivity contribution in [1.29, 1.82) is 5.26 Å². The van der Waals surface area contributed by atoms with Gasteiger partial charge in [-0.1, -0.05) is 66.2 Å². The predicted molar refractivity (Wildman–Crippen MR) is 123 cm³/mol. The van der Waals surface area contributed by atoms with E-state index < -0.39 is 5.97 Å². The van der Waals surface area contributed by atoms with E-state index in [9.17, 15) is 10.1 Å². The Hall–Kier alpha value is -4.14. The number of carbonyl (C=O) groups excluding carboxylic acids is 1. The van der Waals surface area contributed by atoms with Gasteiger partial charge in [-0.05, 0) is 29.8 Å². The summed E-state index contributed by atoms with van der Waals surface area (Å²) in [7, 11) is 0. The molecule has 0 amide bonds. The molecule has 0 aliphatic rings. The van der Waals surface area contributed by atoms with E-state index in [-0.39, 0.29) is 6.61 Å². The molecular formula is C26H16ClN3O2. The monoisotopic (exact) mass is 437 g/mol. The van der Waals surface area contributed by atoms with Crippen LogP contribution in [0.3, 0.4) is 0 Å². The summed E-state index contributed by atoms with van der Waals surface area (Å²) in [6.45, 7) is -0.107. The fourth-order valence-corrected chi connectivity index (χ4v) is 4.27. The number of nitrogens with zero attached hydrogens (tertiary/aromatic N) is 3. The summed E-state index contributed by atoms with van der Waals surface area (Å²) < 4.78 is 7.48. The first-order valence-electron chi connectivity index (χ1n) is 9.98. The van der Waals surface area contributed by atoms with E-state index in [0.717, 1.165) is 5.56 Å². The number of aromatic nitrogens is 2. The Morgan fingerprint density at radius 2 is 1.69 bits per heavy atom. The van der Waals surface area contributed by atoms with Crippen LogP contribution in [0.1, 0.15) is 21.5 Å². The van der Waals surface area contributed by atoms with Crippen LogP contribution in [-0.4, -0.2) is 15.4 Å². The van der Waals surface area contributed by atoms with Crippen molar-refractivity contribution in [3.05, 3.63) is 107 Å². The maximum Gasteiger partial charge on any atom is 0.338 e. The molecule has 2 heterocycles. The fourth-order valence-electron chi connectivity index (χ4n) is 3.86. The summed E-state index contributed by atoms with van der Waals surface area (Å²) >= 11 is 6.95. The SMILES string of the molecule is N#Cc1c(COC(=O)c2ccccc2)c(-c2ccccc2)c(Cl)c2c1nc1ccccn12. The Kier molecular flexibility index (Phi) is 5.06. The number of fused-ring (bicyclic) bond motifs is 3. The van der Waals surface area contributed by atoms with E-state index in [1.54, 1.807) is 24.3 Å². The molecule has 2 aromatic heterocycles. The normalized spacial score (nSPS) is 10.9. The van der Waals surface area contributed by atoms with Crippen molar-refractivity contribution in [1.82, 2.24) is 9.38 Å². The molecule has 3 aromatic carbocycles. The number of benzene rings is 3. The minimum Gasteiger partial charge on any atom is -0.457 e. The summed E-state index contributed by atoms with van der Waals surface area (Å²) in [5.41, 5.74) is 4.60. The summed E-state index contributed by atoms with van der Waals surface area (Å²) in [6.07, 6.45) is 1.86. The summed E-state index contributed by atoms with van der Waals surface area (Å²) in [6, 6.07) is 26.2. The van der Waals surface area contributed by atoms with Crippen molar-refractivity contribution in [3.8, 4) is 17.2 Å². The van der Waals surface area contributed by atoms with Crippen LogP contribution < -0.4 is 0 Å². The van der Waals surface area contributed by atoms with E-state index in [2.05, 4.69) is 11.1 Å². The molecule has 0 saturated heterocycles. The molecule has 5 aromatic rings. The van der Waals surface area contributed by atoms with Gasteiger partial charge >= 0.3 is 5.97 Å². The van der Waals surface area contributed by atoms with Crippen molar-refractivity contribution < 1.29 is 9.53 Å². The number of esters is 1. The van der Waals surface area contributed by atoms with E-state index in [1.165, 1.54) is 0 Å². The summed E-state index contributed by atoms with van der Waals surface area (Å²) in [5, 5.41) is 10.6. The van der Waals surface area contributed by atoms with Crippen LogP contribution in [0.2, 0.25) is 5.02 Å². The average molecular weight is 438 g/mol. The first kappa shape index (κ1) is 19.8. The van der Waals surface area contributed by atoms with Crippen molar-refractivity contribution in [2.45, 2.75) is 6.61 Å². The minimum absolute atomic E-state index is 0.107. The van der Waals surface area contributed by atoms with Gasteiger partial charge < -0.3 is 4.74 Å². The second kappa shape index (κ2) is 8.18. The Labute approximate surface area is 189 Å². The average Bonchev–Trinajstić information content (AvgIpc) is 3.23. The van der Waals surface area contributed by atoms with Gasteiger partial charge in [-0.25, -0.2) is 9.78 Å². The highest BCUT2D eigenvalue weighted by atomic mass is 35.5. The molecule has 0 spiro atoms. The highest BCUT2D eigenvalue weighted by Gasteiger charge is 2.24. The van der Waals surface area contributed by atoms with Gasteiger partial charge in [0.2, 0.25) is 0 Å². The number of rotatable bonds is 4. The predicted octanol–water partition coefficient (Wildman–Crippen LogP) is 6.04. The zero-order valence-electron chi connectivity index (χ0n) is 16.8. The number of hydrogen-bond donors (Lipinski definition) is 0. The van der Waals surface area contributed by atoms with Crippen LogP contribution in [-0.2, 0) is 11.3 Å². The zero-order chi connectivity index (χ0) is 22.1. The van der Waals surface area contributed by atoms with E-state index >= 15 is 0 Å². The third kappa shape index (κ3) is 3.27. The van der Waals surface area contributed by atoms with Crippen LogP contribution in [0.5, 0.6) is 0 Å². The largest absolute Gasteiger partial charge is 0.457 e. The second-order valence-corrected chi connectivity index (χ2v) is 7.58. The lowest BCUT2D eigenvalue weighted by atomic mass is 9.94.